The van der Waals surface area contributed by atoms with Crippen molar-refractivity contribution in [3.05, 3.63) is 65.2 Å². The van der Waals surface area contributed by atoms with Gasteiger partial charge in [-0.25, -0.2) is 0 Å². The molecule has 2 aromatic carbocycles. The lowest BCUT2D eigenvalue weighted by molar-refractivity contribution is -0.113. The van der Waals surface area contributed by atoms with Crippen molar-refractivity contribution in [2.75, 3.05) is 26.2 Å². The normalized spacial score (nSPS) is 11.4. The second-order valence-corrected chi connectivity index (χ2v) is 6.28. The monoisotopic (exact) mass is 379 g/mol. The Morgan fingerprint density at radius 2 is 1.75 bits per heavy atom. The second-order valence-electron chi connectivity index (χ2n) is 6.28. The van der Waals surface area contributed by atoms with Crippen LogP contribution in [0.15, 0.2) is 48.5 Å². The van der Waals surface area contributed by atoms with Gasteiger partial charge in [0, 0.05) is 18.7 Å². The largest absolute Gasteiger partial charge is 0.478 e. The van der Waals surface area contributed by atoms with E-state index in [1.807, 2.05) is 6.07 Å². The number of nitrogens with zero attached hydrogens (tertiary/aromatic N) is 1. The fourth-order valence-electron chi connectivity index (χ4n) is 2.57. The van der Waals surface area contributed by atoms with Crippen LogP contribution in [0.3, 0.4) is 0 Å². The van der Waals surface area contributed by atoms with Gasteiger partial charge in [0.05, 0.1) is 18.2 Å². The Kier molecular flexibility index (Phi) is 8.86. The first kappa shape index (κ1) is 21.3. The quantitative estimate of drug-likeness (QED) is 0.335. The molecule has 1 atom stereocenters. The molecule has 0 bridgehead atoms. The minimum Gasteiger partial charge on any atom is -0.478 e. The highest BCUT2D eigenvalue weighted by molar-refractivity contribution is 5.97. The van der Waals surface area contributed by atoms with Crippen LogP contribution in [0.4, 0.5) is 0 Å². The summed E-state index contributed by atoms with van der Waals surface area (Å²) in [7, 11) is 0. The summed E-state index contributed by atoms with van der Waals surface area (Å²) in [5.41, 5.74) is 1.76. The first-order valence-electron chi connectivity index (χ1n) is 9.34. The van der Waals surface area contributed by atoms with E-state index in [2.05, 4.69) is 17.6 Å². The van der Waals surface area contributed by atoms with Gasteiger partial charge in [-0.1, -0.05) is 31.2 Å². The molecule has 0 aliphatic carbocycles. The summed E-state index contributed by atoms with van der Waals surface area (Å²) < 4.78 is 5.68. The zero-order chi connectivity index (χ0) is 20.2. The van der Waals surface area contributed by atoms with E-state index in [1.165, 1.54) is 0 Å². The molecule has 146 valence electrons. The molecule has 2 rings (SSSR count). The molecule has 0 aliphatic heterocycles. The molecule has 0 amide bonds. The number of ketones is 1. The molecule has 6 nitrogen and oxygen atoms in total. The zero-order valence-electron chi connectivity index (χ0n) is 16.0. The predicted molar refractivity (Wildman–Crippen MR) is 107 cm³/mol. The predicted octanol–water partition coefficient (Wildman–Crippen LogP) is 2.65. The molecule has 2 aromatic rings. The van der Waals surface area contributed by atoms with Gasteiger partial charge in [-0.05, 0) is 42.8 Å². The summed E-state index contributed by atoms with van der Waals surface area (Å²) in [5.74, 6) is 0.495. The van der Waals surface area contributed by atoms with Crippen LogP contribution in [-0.2, 0) is 4.79 Å². The van der Waals surface area contributed by atoms with E-state index >= 15 is 0 Å². The summed E-state index contributed by atoms with van der Waals surface area (Å²) in [4.78, 5) is 23.7. The average molecular weight is 379 g/mol. The van der Waals surface area contributed by atoms with Gasteiger partial charge in [0.25, 0.3) is 0 Å². The summed E-state index contributed by atoms with van der Waals surface area (Å²) >= 11 is 0. The van der Waals surface area contributed by atoms with Gasteiger partial charge in [-0.2, -0.15) is 5.26 Å². The van der Waals surface area contributed by atoms with Gasteiger partial charge < -0.3 is 15.4 Å². The van der Waals surface area contributed by atoms with Crippen LogP contribution in [0.1, 0.15) is 40.9 Å². The Morgan fingerprint density at radius 1 is 1.07 bits per heavy atom. The Bertz CT molecular complexity index is 795. The summed E-state index contributed by atoms with van der Waals surface area (Å²) in [5, 5.41) is 15.2. The standard InChI is InChI=1S/C22H25N3O3/c1-2-11-24-12-13-25-15-21(27)18-5-7-19(8-6-18)22(16-26)28-20-9-3-17(14-23)4-10-20/h3-10,16,22,24-25H,2,11-13,15H2,1H3. The SMILES string of the molecule is CCCNCCNCC(=O)c1ccc(C(C=O)Oc2ccc(C#N)cc2)cc1. The number of nitriles is 1. The molecule has 0 saturated carbocycles. The number of nitrogens with one attached hydrogen (secondary N) is 2. The van der Waals surface area contributed by atoms with E-state index in [-0.39, 0.29) is 12.3 Å². The highest BCUT2D eigenvalue weighted by Gasteiger charge is 2.13. The third-order valence-corrected chi connectivity index (χ3v) is 4.12. The van der Waals surface area contributed by atoms with E-state index in [1.54, 1.807) is 48.5 Å². The summed E-state index contributed by atoms with van der Waals surface area (Å²) in [6, 6.07) is 15.4. The van der Waals surface area contributed by atoms with Crippen LogP contribution in [0.25, 0.3) is 0 Å². The number of aldehydes is 1. The minimum atomic E-state index is -0.778. The fraction of sp³-hybridized carbons (Fsp3) is 0.318. The van der Waals surface area contributed by atoms with Gasteiger partial charge in [-0.3, -0.25) is 9.59 Å². The summed E-state index contributed by atoms with van der Waals surface area (Å²) in [6.45, 7) is 4.91. The van der Waals surface area contributed by atoms with Crippen molar-refractivity contribution < 1.29 is 14.3 Å². The van der Waals surface area contributed by atoms with Gasteiger partial charge in [0.15, 0.2) is 18.2 Å². The van der Waals surface area contributed by atoms with Crippen molar-refractivity contribution in [1.29, 1.82) is 5.26 Å². The van der Waals surface area contributed by atoms with Gasteiger partial charge in [0.1, 0.15) is 5.75 Å². The number of hydrogen-bond donors (Lipinski definition) is 2. The Hall–Kier alpha value is -3.01. The lowest BCUT2D eigenvalue weighted by Gasteiger charge is -2.14. The third-order valence-electron chi connectivity index (χ3n) is 4.12. The minimum absolute atomic E-state index is 0.00212. The van der Waals surface area contributed by atoms with E-state index < -0.39 is 6.10 Å². The average Bonchev–Trinajstić information content (AvgIpc) is 2.75. The Labute approximate surface area is 165 Å². The van der Waals surface area contributed by atoms with Crippen molar-refractivity contribution in [3.63, 3.8) is 0 Å². The van der Waals surface area contributed by atoms with Crippen LogP contribution >= 0.6 is 0 Å². The molecule has 0 heterocycles. The molecule has 0 saturated heterocycles. The topological polar surface area (TPSA) is 91.2 Å². The maximum absolute atomic E-state index is 12.2. The second kappa shape index (κ2) is 11.7. The van der Waals surface area contributed by atoms with Crippen molar-refractivity contribution in [3.8, 4) is 11.8 Å². The van der Waals surface area contributed by atoms with E-state index in [0.717, 1.165) is 26.1 Å². The molecular formula is C22H25N3O3. The number of benzene rings is 2. The maximum atomic E-state index is 12.2. The zero-order valence-corrected chi connectivity index (χ0v) is 16.0. The Balaban J connectivity index is 1.89. The molecule has 0 fully saturated rings. The molecule has 2 N–H and O–H groups in total. The number of hydrogen-bond acceptors (Lipinski definition) is 6. The number of rotatable bonds is 12. The molecule has 28 heavy (non-hydrogen) atoms. The van der Waals surface area contributed by atoms with Crippen LogP contribution in [0.2, 0.25) is 0 Å². The molecular weight excluding hydrogens is 354 g/mol. The van der Waals surface area contributed by atoms with Crippen LogP contribution in [0, 0.1) is 11.3 Å². The van der Waals surface area contributed by atoms with E-state index in [0.29, 0.717) is 28.7 Å². The Morgan fingerprint density at radius 3 is 2.36 bits per heavy atom. The number of Topliss-reactive ketones (excluding diaryl/α,β-unsaturated/α-hetero) is 1. The highest BCUT2D eigenvalue weighted by Crippen LogP contribution is 2.21. The van der Waals surface area contributed by atoms with Crippen molar-refractivity contribution in [2.45, 2.75) is 19.4 Å². The molecule has 0 aromatic heterocycles. The van der Waals surface area contributed by atoms with Crippen LogP contribution < -0.4 is 15.4 Å². The lowest BCUT2D eigenvalue weighted by atomic mass is 10.0. The lowest BCUT2D eigenvalue weighted by Crippen LogP contribution is -2.31. The smallest absolute Gasteiger partial charge is 0.179 e. The molecule has 0 spiro atoms. The van der Waals surface area contributed by atoms with Crippen LogP contribution in [0.5, 0.6) is 5.75 Å². The van der Waals surface area contributed by atoms with Crippen molar-refractivity contribution in [1.82, 2.24) is 10.6 Å². The van der Waals surface area contributed by atoms with Gasteiger partial charge in [-0.15, -0.1) is 0 Å². The molecule has 0 aliphatic rings. The molecule has 1 unspecified atom stereocenters. The highest BCUT2D eigenvalue weighted by atomic mass is 16.5. The van der Waals surface area contributed by atoms with Crippen molar-refractivity contribution >= 4 is 12.1 Å². The molecule has 6 heteroatoms. The van der Waals surface area contributed by atoms with Crippen LogP contribution in [-0.4, -0.2) is 38.2 Å². The van der Waals surface area contributed by atoms with E-state index in [4.69, 9.17) is 10.00 Å². The first-order chi connectivity index (χ1) is 13.7. The van der Waals surface area contributed by atoms with Gasteiger partial charge in [0.2, 0.25) is 0 Å². The first-order valence-corrected chi connectivity index (χ1v) is 9.34. The number of ether oxygens (including phenoxy) is 1. The van der Waals surface area contributed by atoms with E-state index in [9.17, 15) is 9.59 Å². The van der Waals surface area contributed by atoms with Gasteiger partial charge >= 0.3 is 0 Å². The fourth-order valence-corrected chi connectivity index (χ4v) is 2.57. The summed E-state index contributed by atoms with van der Waals surface area (Å²) in [6.07, 6.45) is 1.02. The molecule has 0 radical (unpaired) electrons. The third kappa shape index (κ3) is 6.62. The number of carbonyl (C=O) groups is 2. The van der Waals surface area contributed by atoms with Crippen molar-refractivity contribution in [2.24, 2.45) is 0 Å². The number of carbonyl (C=O) groups excluding carboxylic acids is 2. The maximum Gasteiger partial charge on any atom is 0.179 e.